The van der Waals surface area contributed by atoms with Crippen molar-refractivity contribution < 1.29 is 9.53 Å². The summed E-state index contributed by atoms with van der Waals surface area (Å²) in [5.74, 6) is 0.821. The van der Waals surface area contributed by atoms with E-state index in [0.717, 1.165) is 0 Å². The molecule has 1 fully saturated rings. The van der Waals surface area contributed by atoms with Crippen LogP contribution in [0.25, 0.3) is 0 Å². The zero-order valence-electron chi connectivity index (χ0n) is 10.1. The lowest BCUT2D eigenvalue weighted by molar-refractivity contribution is -0.128. The number of nitrogens with zero attached hydrogens (tertiary/aromatic N) is 1. The summed E-state index contributed by atoms with van der Waals surface area (Å²) in [4.78, 5) is 15.1. The topological polar surface area (TPSA) is 29.5 Å². The lowest BCUT2D eigenvalue weighted by atomic mass is 10.2. The first-order valence-electron chi connectivity index (χ1n) is 5.77. The number of hydrogen-bond donors (Lipinski definition) is 0. The Labute approximate surface area is 110 Å². The Kier molecular flexibility index (Phi) is 4.48. The summed E-state index contributed by atoms with van der Waals surface area (Å²) in [6.45, 7) is 6.11. The van der Waals surface area contributed by atoms with Crippen LogP contribution in [0.15, 0.2) is 11.4 Å². The molecule has 0 radical (unpaired) electrons. The number of carbonyl (C=O) groups excluding carboxylic acids is 1. The van der Waals surface area contributed by atoms with Crippen molar-refractivity contribution >= 4 is 29.0 Å². The molecule has 0 bridgehead atoms. The van der Waals surface area contributed by atoms with E-state index in [0.29, 0.717) is 25.5 Å². The highest BCUT2D eigenvalue weighted by Crippen LogP contribution is 2.41. The zero-order chi connectivity index (χ0) is 12.3. The maximum absolute atomic E-state index is 11.8. The van der Waals surface area contributed by atoms with Gasteiger partial charge in [0.1, 0.15) is 5.37 Å². The monoisotopic (exact) mass is 271 g/mol. The van der Waals surface area contributed by atoms with E-state index in [1.165, 1.54) is 10.4 Å². The summed E-state index contributed by atoms with van der Waals surface area (Å²) in [5, 5.41) is 2.29. The minimum atomic E-state index is 0.197. The molecule has 5 heteroatoms. The molecule has 1 aromatic rings. The van der Waals surface area contributed by atoms with Gasteiger partial charge in [-0.15, -0.1) is 23.1 Å². The van der Waals surface area contributed by atoms with Crippen molar-refractivity contribution in [2.45, 2.75) is 19.2 Å². The lowest BCUT2D eigenvalue weighted by Crippen LogP contribution is -2.31. The highest BCUT2D eigenvalue weighted by molar-refractivity contribution is 8.00. The van der Waals surface area contributed by atoms with Gasteiger partial charge in [-0.25, -0.2) is 0 Å². The summed E-state index contributed by atoms with van der Waals surface area (Å²) in [5.41, 5.74) is 1.28. The van der Waals surface area contributed by atoms with Crippen LogP contribution >= 0.6 is 23.1 Å². The van der Waals surface area contributed by atoms with Gasteiger partial charge >= 0.3 is 0 Å². The summed E-state index contributed by atoms with van der Waals surface area (Å²) in [6, 6.07) is 2.12. The predicted molar refractivity (Wildman–Crippen MR) is 72.5 cm³/mol. The Hall–Kier alpha value is -0.520. The molecule has 0 aliphatic carbocycles. The van der Waals surface area contributed by atoms with Crippen LogP contribution in [0.4, 0.5) is 0 Å². The van der Waals surface area contributed by atoms with E-state index in [1.807, 2.05) is 11.8 Å². The van der Waals surface area contributed by atoms with E-state index in [4.69, 9.17) is 4.74 Å². The van der Waals surface area contributed by atoms with E-state index >= 15 is 0 Å². The quantitative estimate of drug-likeness (QED) is 0.771. The van der Waals surface area contributed by atoms with Gasteiger partial charge in [0.15, 0.2) is 0 Å². The van der Waals surface area contributed by atoms with Crippen molar-refractivity contribution in [2.75, 3.05) is 25.5 Å². The number of hydrogen-bond acceptors (Lipinski definition) is 4. The average molecular weight is 271 g/mol. The van der Waals surface area contributed by atoms with Gasteiger partial charge in [0.05, 0.1) is 12.4 Å². The normalized spacial score (nSPS) is 20.2. The molecule has 0 N–H and O–H groups in total. The second-order valence-electron chi connectivity index (χ2n) is 3.92. The number of rotatable bonds is 5. The number of thioether (sulfide) groups is 1. The summed E-state index contributed by atoms with van der Waals surface area (Å²) in [7, 11) is 0. The minimum absolute atomic E-state index is 0.197. The van der Waals surface area contributed by atoms with Gasteiger partial charge in [0, 0.05) is 18.0 Å². The molecule has 1 amide bonds. The van der Waals surface area contributed by atoms with E-state index in [-0.39, 0.29) is 11.3 Å². The van der Waals surface area contributed by atoms with Gasteiger partial charge in [-0.05, 0) is 30.9 Å². The molecule has 0 saturated carbocycles. The Bertz CT molecular complexity index is 392. The second kappa shape index (κ2) is 5.89. The second-order valence-corrected chi connectivity index (χ2v) is 5.93. The molecule has 2 heterocycles. The van der Waals surface area contributed by atoms with Crippen molar-refractivity contribution in [3.63, 3.8) is 0 Å². The number of thiophene rings is 1. The van der Waals surface area contributed by atoms with E-state index in [1.54, 1.807) is 23.1 Å². The molecule has 2 rings (SSSR count). The molecule has 1 unspecified atom stereocenters. The number of aryl methyl sites for hydroxylation is 1. The Morgan fingerprint density at radius 1 is 1.59 bits per heavy atom. The van der Waals surface area contributed by atoms with Crippen LogP contribution in [0.3, 0.4) is 0 Å². The van der Waals surface area contributed by atoms with Gasteiger partial charge in [-0.2, -0.15) is 0 Å². The largest absolute Gasteiger partial charge is 0.380 e. The van der Waals surface area contributed by atoms with Crippen LogP contribution in [-0.2, 0) is 9.53 Å². The molecular weight excluding hydrogens is 254 g/mol. The average Bonchev–Trinajstić information content (AvgIpc) is 2.87. The van der Waals surface area contributed by atoms with E-state index in [2.05, 4.69) is 18.4 Å². The van der Waals surface area contributed by atoms with Crippen LogP contribution in [0, 0.1) is 6.92 Å². The first-order valence-corrected chi connectivity index (χ1v) is 7.69. The van der Waals surface area contributed by atoms with Gasteiger partial charge in [0.25, 0.3) is 0 Å². The van der Waals surface area contributed by atoms with Crippen LogP contribution in [0.2, 0.25) is 0 Å². The molecule has 1 aromatic heterocycles. The van der Waals surface area contributed by atoms with Crippen LogP contribution in [-0.4, -0.2) is 36.3 Å². The SMILES string of the molecule is CCOCCN1C(=O)CSC1c1sccc1C. The summed E-state index contributed by atoms with van der Waals surface area (Å²) in [6.07, 6.45) is 0. The number of carbonyl (C=O) groups is 1. The molecule has 94 valence electrons. The fourth-order valence-electron chi connectivity index (χ4n) is 1.86. The smallest absolute Gasteiger partial charge is 0.233 e. The fraction of sp³-hybridized carbons (Fsp3) is 0.583. The third-order valence-corrected chi connectivity index (χ3v) is 5.21. The minimum Gasteiger partial charge on any atom is -0.380 e. The molecule has 1 aliphatic heterocycles. The Morgan fingerprint density at radius 2 is 2.41 bits per heavy atom. The molecule has 0 aromatic carbocycles. The fourth-order valence-corrected chi connectivity index (χ4v) is 4.35. The van der Waals surface area contributed by atoms with Crippen molar-refractivity contribution in [1.82, 2.24) is 4.90 Å². The molecule has 1 aliphatic rings. The van der Waals surface area contributed by atoms with Gasteiger partial charge in [-0.3, -0.25) is 4.79 Å². The highest BCUT2D eigenvalue weighted by atomic mass is 32.2. The van der Waals surface area contributed by atoms with Crippen molar-refractivity contribution in [3.05, 3.63) is 21.9 Å². The van der Waals surface area contributed by atoms with Crippen molar-refractivity contribution in [3.8, 4) is 0 Å². The molecule has 1 atom stereocenters. The van der Waals surface area contributed by atoms with Gasteiger partial charge in [-0.1, -0.05) is 0 Å². The van der Waals surface area contributed by atoms with Crippen LogP contribution in [0.5, 0.6) is 0 Å². The molecular formula is C12H17NO2S2. The first-order chi connectivity index (χ1) is 8.24. The molecule has 3 nitrogen and oxygen atoms in total. The maximum Gasteiger partial charge on any atom is 0.233 e. The third-order valence-electron chi connectivity index (χ3n) is 2.77. The molecule has 0 spiro atoms. The zero-order valence-corrected chi connectivity index (χ0v) is 11.8. The first kappa shape index (κ1) is 12.9. The Morgan fingerprint density at radius 3 is 3.06 bits per heavy atom. The van der Waals surface area contributed by atoms with Crippen molar-refractivity contribution in [1.29, 1.82) is 0 Å². The van der Waals surface area contributed by atoms with E-state index < -0.39 is 0 Å². The number of ether oxygens (including phenoxy) is 1. The third kappa shape index (κ3) is 2.84. The van der Waals surface area contributed by atoms with Crippen LogP contribution in [0.1, 0.15) is 22.7 Å². The van der Waals surface area contributed by atoms with Crippen LogP contribution < -0.4 is 0 Å². The lowest BCUT2D eigenvalue weighted by Gasteiger charge is -2.23. The summed E-state index contributed by atoms with van der Waals surface area (Å²) < 4.78 is 5.34. The van der Waals surface area contributed by atoms with Crippen molar-refractivity contribution in [2.24, 2.45) is 0 Å². The predicted octanol–water partition coefficient (Wildman–Crippen LogP) is 2.67. The maximum atomic E-state index is 11.8. The van der Waals surface area contributed by atoms with Gasteiger partial charge in [0.2, 0.25) is 5.91 Å². The summed E-state index contributed by atoms with van der Waals surface area (Å²) >= 11 is 3.46. The molecule has 17 heavy (non-hydrogen) atoms. The molecule has 1 saturated heterocycles. The Balaban J connectivity index is 2.06. The standard InChI is InChI=1S/C12H17NO2S2/c1-3-15-6-5-13-10(14)8-17-12(13)11-9(2)4-7-16-11/h4,7,12H,3,5-6,8H2,1-2H3. The highest BCUT2D eigenvalue weighted by Gasteiger charge is 2.33. The van der Waals surface area contributed by atoms with E-state index in [9.17, 15) is 4.79 Å². The number of amides is 1. The van der Waals surface area contributed by atoms with Gasteiger partial charge < -0.3 is 9.64 Å².